The Labute approximate surface area is 362 Å². The van der Waals surface area contributed by atoms with Gasteiger partial charge in [0.15, 0.2) is 0 Å². The van der Waals surface area contributed by atoms with Crippen LogP contribution in [0, 0.1) is 47.4 Å². The van der Waals surface area contributed by atoms with E-state index in [1.807, 2.05) is 0 Å². The van der Waals surface area contributed by atoms with Gasteiger partial charge in [0.05, 0.1) is 0 Å². The Balaban J connectivity index is 0.000000224. The second-order valence-electron chi connectivity index (χ2n) is 18.0. The molecule has 0 heteroatoms. The zero-order valence-corrected chi connectivity index (χ0v) is 37.8. The molecule has 0 spiro atoms. The topological polar surface area (TPSA) is 0 Å². The van der Waals surface area contributed by atoms with Gasteiger partial charge in [-0.2, -0.15) is 0 Å². The Bertz CT molecular complexity index is 1820. The van der Waals surface area contributed by atoms with Gasteiger partial charge in [-0.05, 0) is 147 Å². The zero-order chi connectivity index (χ0) is 41.3. The molecule has 0 amide bonds. The summed E-state index contributed by atoms with van der Waals surface area (Å²) >= 11 is 0. The van der Waals surface area contributed by atoms with Gasteiger partial charge in [-0.3, -0.25) is 0 Å². The molecule has 0 aromatic heterocycles. The maximum absolute atomic E-state index is 3.55. The fourth-order valence-electron chi connectivity index (χ4n) is 9.17. The molecule has 0 bridgehead atoms. The number of aryl methyl sites for hydroxylation is 2. The van der Waals surface area contributed by atoms with E-state index in [9.17, 15) is 0 Å². The van der Waals surface area contributed by atoms with Crippen LogP contribution in [0.2, 0.25) is 0 Å². The summed E-state index contributed by atoms with van der Waals surface area (Å²) in [5.74, 6) is 17.1. The average molecular weight is 787 g/mol. The lowest BCUT2D eigenvalue weighted by Gasteiger charge is -2.25. The van der Waals surface area contributed by atoms with Crippen LogP contribution in [0.4, 0.5) is 0 Å². The van der Waals surface area contributed by atoms with Crippen LogP contribution in [0.15, 0.2) is 97.1 Å². The van der Waals surface area contributed by atoms with E-state index >= 15 is 0 Å². The van der Waals surface area contributed by atoms with E-state index in [4.69, 9.17) is 0 Å². The second-order valence-corrected chi connectivity index (χ2v) is 18.0. The average Bonchev–Trinajstić information content (AvgIpc) is 3.29. The molecule has 4 aromatic carbocycles. The van der Waals surface area contributed by atoms with Crippen molar-refractivity contribution in [3.05, 3.63) is 119 Å². The van der Waals surface area contributed by atoms with E-state index in [2.05, 4.69) is 148 Å². The van der Waals surface area contributed by atoms with E-state index in [0.717, 1.165) is 23.0 Å². The Hall–Kier alpha value is -4.00. The highest BCUT2D eigenvalue weighted by molar-refractivity contribution is 5.65. The van der Waals surface area contributed by atoms with Gasteiger partial charge in [0.25, 0.3) is 0 Å². The number of unbranched alkanes of at least 4 members (excludes halogenated alkanes) is 8. The molecule has 0 atom stereocenters. The first-order chi connectivity index (χ1) is 29.1. The van der Waals surface area contributed by atoms with Gasteiger partial charge in [0.2, 0.25) is 0 Å². The quantitative estimate of drug-likeness (QED) is 0.0739. The van der Waals surface area contributed by atoms with Crippen molar-refractivity contribution in [3.8, 4) is 45.9 Å². The van der Waals surface area contributed by atoms with Crippen molar-refractivity contribution in [1.82, 2.24) is 0 Å². The summed E-state index contributed by atoms with van der Waals surface area (Å²) in [4.78, 5) is 0. The van der Waals surface area contributed by atoms with Crippen molar-refractivity contribution in [2.45, 2.75) is 175 Å². The van der Waals surface area contributed by atoms with Crippen LogP contribution >= 0.6 is 0 Å². The first kappa shape index (κ1) is 46.1. The van der Waals surface area contributed by atoms with Crippen molar-refractivity contribution < 1.29 is 0 Å². The highest BCUT2D eigenvalue weighted by Crippen LogP contribution is 2.32. The summed E-state index contributed by atoms with van der Waals surface area (Å²) < 4.78 is 0. The molecular formula is C59H78. The number of hydrogen-bond acceptors (Lipinski definition) is 0. The van der Waals surface area contributed by atoms with Crippen LogP contribution in [-0.4, -0.2) is 0 Å². The third kappa shape index (κ3) is 16.9. The van der Waals surface area contributed by atoms with Gasteiger partial charge in [0.1, 0.15) is 0 Å². The largest absolute Gasteiger partial charge is 0.0945 e. The first-order valence-electron chi connectivity index (χ1n) is 24.5. The fraction of sp³-hybridized carbons (Fsp3) is 0.525. The Kier molecular flexibility index (Phi) is 21.1. The lowest BCUT2D eigenvalue weighted by atomic mass is 9.80. The minimum atomic E-state index is 0.604. The zero-order valence-electron chi connectivity index (χ0n) is 37.8. The molecule has 2 aliphatic carbocycles. The molecule has 2 saturated carbocycles. The standard InChI is InChI=1S/C30H40.C29H38/c1-3-5-6-7-8-10-26-17-21-29(22-18-26)30-23-19-28(20-24-30)16-15-27-13-11-25(9-4-2)12-14-27;1-3-5-6-7-8-9-25-16-20-28(21-17-25)29-22-18-27(19-23-29)15-14-26-12-10-24(4-2)11-13-26/h17-25,27H,3-14H2,1-2H3;16-24,26H,3-13H2,1-2H3. The van der Waals surface area contributed by atoms with Gasteiger partial charge in [0, 0.05) is 23.0 Å². The molecule has 0 aliphatic heterocycles. The van der Waals surface area contributed by atoms with Gasteiger partial charge in [-0.1, -0.05) is 195 Å². The summed E-state index contributed by atoms with van der Waals surface area (Å²) in [5, 5.41) is 0. The number of benzene rings is 4. The maximum atomic E-state index is 3.55. The van der Waals surface area contributed by atoms with Gasteiger partial charge in [-0.25, -0.2) is 0 Å². The lowest BCUT2D eigenvalue weighted by Crippen LogP contribution is -2.13. The molecule has 0 nitrogen and oxygen atoms in total. The molecule has 4 aromatic rings. The third-order valence-electron chi connectivity index (χ3n) is 13.3. The molecule has 2 fully saturated rings. The first-order valence-corrected chi connectivity index (χ1v) is 24.5. The number of hydrogen-bond donors (Lipinski definition) is 0. The van der Waals surface area contributed by atoms with Gasteiger partial charge >= 0.3 is 0 Å². The van der Waals surface area contributed by atoms with Crippen molar-refractivity contribution in [2.24, 2.45) is 23.7 Å². The van der Waals surface area contributed by atoms with E-state index in [1.54, 1.807) is 0 Å². The molecule has 0 unspecified atom stereocenters. The smallest absolute Gasteiger partial charge is 0.0245 e. The maximum Gasteiger partial charge on any atom is 0.0245 e. The van der Waals surface area contributed by atoms with Crippen molar-refractivity contribution in [3.63, 3.8) is 0 Å². The molecule has 0 N–H and O–H groups in total. The predicted octanol–water partition coefficient (Wildman–Crippen LogP) is 17.3. The molecule has 0 radical (unpaired) electrons. The summed E-state index contributed by atoms with van der Waals surface area (Å²) in [6.07, 6.45) is 30.6. The summed E-state index contributed by atoms with van der Waals surface area (Å²) in [7, 11) is 0. The van der Waals surface area contributed by atoms with E-state index in [0.29, 0.717) is 11.8 Å². The predicted molar refractivity (Wildman–Crippen MR) is 259 cm³/mol. The summed E-state index contributed by atoms with van der Waals surface area (Å²) in [5.41, 5.74) is 10.4. The fourth-order valence-corrected chi connectivity index (χ4v) is 9.17. The van der Waals surface area contributed by atoms with E-state index in [-0.39, 0.29) is 0 Å². The molecule has 2 aliphatic rings. The Morgan fingerprint density at radius 3 is 1.08 bits per heavy atom. The second kappa shape index (κ2) is 27.0. The van der Waals surface area contributed by atoms with Gasteiger partial charge < -0.3 is 0 Å². The normalized spacial score (nSPS) is 18.7. The molecule has 6 rings (SSSR count). The molecule has 59 heavy (non-hydrogen) atoms. The molecule has 0 heterocycles. The highest BCUT2D eigenvalue weighted by atomic mass is 14.2. The van der Waals surface area contributed by atoms with Crippen molar-refractivity contribution >= 4 is 0 Å². The van der Waals surface area contributed by atoms with Crippen LogP contribution in [0.3, 0.4) is 0 Å². The van der Waals surface area contributed by atoms with E-state index < -0.39 is 0 Å². The SMILES string of the molecule is CCCCCCCc1ccc(-c2ccc(C#CC3CCC(CC)CC3)cc2)cc1.CCCCCCCc1ccc(-c2ccc(C#CC3CCC(CCC)CC3)cc2)cc1. The Morgan fingerprint density at radius 2 is 0.729 bits per heavy atom. The van der Waals surface area contributed by atoms with Crippen LogP contribution in [0.5, 0.6) is 0 Å². The monoisotopic (exact) mass is 787 g/mol. The minimum absolute atomic E-state index is 0.604. The Morgan fingerprint density at radius 1 is 0.373 bits per heavy atom. The van der Waals surface area contributed by atoms with Crippen molar-refractivity contribution in [1.29, 1.82) is 0 Å². The van der Waals surface area contributed by atoms with Crippen molar-refractivity contribution in [2.75, 3.05) is 0 Å². The van der Waals surface area contributed by atoms with Crippen LogP contribution in [-0.2, 0) is 12.8 Å². The molecular weight excluding hydrogens is 709 g/mol. The molecule has 314 valence electrons. The summed E-state index contributed by atoms with van der Waals surface area (Å²) in [6, 6.07) is 35.9. The molecule has 0 saturated heterocycles. The van der Waals surface area contributed by atoms with Gasteiger partial charge in [-0.15, -0.1) is 0 Å². The lowest BCUT2D eigenvalue weighted by molar-refractivity contribution is 0.300. The van der Waals surface area contributed by atoms with Crippen LogP contribution in [0.1, 0.15) is 185 Å². The van der Waals surface area contributed by atoms with E-state index in [1.165, 1.54) is 181 Å². The summed E-state index contributed by atoms with van der Waals surface area (Å²) in [6.45, 7) is 9.17. The third-order valence-corrected chi connectivity index (χ3v) is 13.3. The minimum Gasteiger partial charge on any atom is -0.0945 e. The number of rotatable bonds is 17. The van der Waals surface area contributed by atoms with Crippen LogP contribution in [0.25, 0.3) is 22.3 Å². The van der Waals surface area contributed by atoms with Crippen LogP contribution < -0.4 is 0 Å². The highest BCUT2D eigenvalue weighted by Gasteiger charge is 2.19.